The van der Waals surface area contributed by atoms with Crippen LogP contribution in [0.2, 0.25) is 5.02 Å². The fourth-order valence-corrected chi connectivity index (χ4v) is 1.86. The van der Waals surface area contributed by atoms with Gasteiger partial charge in [0.25, 0.3) is 0 Å². The Morgan fingerprint density at radius 3 is 3.07 bits per heavy atom. The first-order chi connectivity index (χ1) is 7.27. The topological polar surface area (TPSA) is 21.3 Å². The number of halogens is 2. The molecule has 1 aromatic rings. The van der Waals surface area contributed by atoms with Gasteiger partial charge in [0.2, 0.25) is 0 Å². The van der Waals surface area contributed by atoms with Gasteiger partial charge in [-0.2, -0.15) is 0 Å². The third-order valence-electron chi connectivity index (χ3n) is 2.54. The summed E-state index contributed by atoms with van der Waals surface area (Å²) in [6.45, 7) is 2.06. The fraction of sp³-hybridized carbons (Fsp3) is 0.455. The predicted molar refractivity (Wildman–Crippen MR) is 57.5 cm³/mol. The van der Waals surface area contributed by atoms with Gasteiger partial charge in [-0.3, -0.25) is 0 Å². The van der Waals surface area contributed by atoms with Crippen LogP contribution in [0.15, 0.2) is 18.2 Å². The highest BCUT2D eigenvalue weighted by Gasteiger charge is 2.16. The van der Waals surface area contributed by atoms with E-state index >= 15 is 0 Å². The molecule has 0 bridgehead atoms. The highest BCUT2D eigenvalue weighted by molar-refractivity contribution is 6.31. The van der Waals surface area contributed by atoms with E-state index in [-0.39, 0.29) is 18.5 Å². The first-order valence-corrected chi connectivity index (χ1v) is 5.40. The van der Waals surface area contributed by atoms with Gasteiger partial charge in [-0.05, 0) is 25.1 Å². The van der Waals surface area contributed by atoms with Crippen molar-refractivity contribution in [2.45, 2.75) is 19.1 Å². The molecule has 1 heterocycles. The molecule has 1 aliphatic rings. The largest absolute Gasteiger partial charge is 0.372 e. The Morgan fingerprint density at radius 1 is 1.53 bits per heavy atom. The Balaban J connectivity index is 1.97. The van der Waals surface area contributed by atoms with Crippen molar-refractivity contribution in [1.82, 2.24) is 5.32 Å². The number of hydrogen-bond acceptors (Lipinski definition) is 2. The van der Waals surface area contributed by atoms with Crippen molar-refractivity contribution in [2.24, 2.45) is 0 Å². The zero-order valence-electron chi connectivity index (χ0n) is 8.30. The maximum absolute atomic E-state index is 13.3. The van der Waals surface area contributed by atoms with Crippen LogP contribution in [0.5, 0.6) is 0 Å². The quantitative estimate of drug-likeness (QED) is 0.859. The first-order valence-electron chi connectivity index (χ1n) is 5.02. The maximum atomic E-state index is 13.3. The molecule has 0 aliphatic carbocycles. The van der Waals surface area contributed by atoms with E-state index in [0.29, 0.717) is 10.6 Å². The van der Waals surface area contributed by atoms with E-state index in [9.17, 15) is 4.39 Å². The van der Waals surface area contributed by atoms with Gasteiger partial charge in [0.1, 0.15) is 5.82 Å². The van der Waals surface area contributed by atoms with Crippen LogP contribution in [-0.4, -0.2) is 19.2 Å². The van der Waals surface area contributed by atoms with E-state index in [1.54, 1.807) is 12.1 Å². The summed E-state index contributed by atoms with van der Waals surface area (Å²) in [5.41, 5.74) is 0.450. The summed E-state index contributed by atoms with van der Waals surface area (Å²) in [4.78, 5) is 0. The second-order valence-electron chi connectivity index (χ2n) is 3.63. The smallest absolute Gasteiger partial charge is 0.130 e. The summed E-state index contributed by atoms with van der Waals surface area (Å²) in [5.74, 6) is -0.298. The second-order valence-corrected chi connectivity index (χ2v) is 4.03. The third-order valence-corrected chi connectivity index (χ3v) is 2.89. The van der Waals surface area contributed by atoms with Crippen molar-refractivity contribution in [3.8, 4) is 0 Å². The number of ether oxygens (including phenoxy) is 1. The normalized spacial score (nSPS) is 20.8. The molecule has 15 heavy (non-hydrogen) atoms. The van der Waals surface area contributed by atoms with Crippen LogP contribution in [0.25, 0.3) is 0 Å². The summed E-state index contributed by atoms with van der Waals surface area (Å²) in [7, 11) is 0. The van der Waals surface area contributed by atoms with Crippen LogP contribution < -0.4 is 5.32 Å². The van der Waals surface area contributed by atoms with Crippen LogP contribution in [-0.2, 0) is 11.3 Å². The van der Waals surface area contributed by atoms with Gasteiger partial charge in [-0.15, -0.1) is 0 Å². The Hall–Kier alpha value is -0.640. The average Bonchev–Trinajstić information content (AvgIpc) is 2.70. The zero-order valence-corrected chi connectivity index (χ0v) is 9.06. The molecule has 1 atom stereocenters. The molecule has 0 unspecified atom stereocenters. The minimum atomic E-state index is -0.298. The van der Waals surface area contributed by atoms with Crippen molar-refractivity contribution >= 4 is 11.6 Å². The van der Waals surface area contributed by atoms with Crippen molar-refractivity contribution in [2.75, 3.05) is 13.1 Å². The van der Waals surface area contributed by atoms with Crippen LogP contribution in [0.1, 0.15) is 12.0 Å². The average molecular weight is 230 g/mol. The predicted octanol–water partition coefficient (Wildman–Crippen LogP) is 2.36. The Labute approximate surface area is 93.4 Å². The van der Waals surface area contributed by atoms with E-state index in [1.807, 2.05) is 0 Å². The van der Waals surface area contributed by atoms with E-state index < -0.39 is 0 Å². The van der Waals surface area contributed by atoms with Crippen molar-refractivity contribution in [3.05, 3.63) is 34.6 Å². The van der Waals surface area contributed by atoms with Gasteiger partial charge >= 0.3 is 0 Å². The zero-order chi connectivity index (χ0) is 10.7. The molecule has 0 radical (unpaired) electrons. The van der Waals surface area contributed by atoms with E-state index in [1.165, 1.54) is 6.07 Å². The monoisotopic (exact) mass is 229 g/mol. The SMILES string of the molecule is Fc1cccc(Cl)c1CO[C@@H]1CCNC1. The molecule has 82 valence electrons. The summed E-state index contributed by atoms with van der Waals surface area (Å²) < 4.78 is 18.9. The van der Waals surface area contributed by atoms with Gasteiger partial charge in [-0.25, -0.2) is 4.39 Å². The van der Waals surface area contributed by atoms with Crippen molar-refractivity contribution in [1.29, 1.82) is 0 Å². The van der Waals surface area contributed by atoms with Crippen molar-refractivity contribution < 1.29 is 9.13 Å². The maximum Gasteiger partial charge on any atom is 0.130 e. The van der Waals surface area contributed by atoms with Crippen LogP contribution in [0.3, 0.4) is 0 Å². The minimum Gasteiger partial charge on any atom is -0.372 e. The fourth-order valence-electron chi connectivity index (χ4n) is 1.64. The van der Waals surface area contributed by atoms with Crippen LogP contribution >= 0.6 is 11.6 Å². The van der Waals surface area contributed by atoms with E-state index in [2.05, 4.69) is 5.32 Å². The Bertz CT molecular complexity index is 319. The molecule has 0 saturated carbocycles. The lowest BCUT2D eigenvalue weighted by molar-refractivity contribution is 0.0526. The molecule has 1 fully saturated rings. The van der Waals surface area contributed by atoms with Gasteiger partial charge < -0.3 is 10.1 Å². The Kier molecular flexibility index (Phi) is 3.57. The van der Waals surface area contributed by atoms with Crippen LogP contribution in [0.4, 0.5) is 4.39 Å². The summed E-state index contributed by atoms with van der Waals surface area (Å²) >= 11 is 5.88. The number of rotatable bonds is 3. The molecule has 1 aliphatic heterocycles. The van der Waals surface area contributed by atoms with Gasteiger partial charge in [0.15, 0.2) is 0 Å². The lowest BCUT2D eigenvalue weighted by Crippen LogP contribution is -2.16. The van der Waals surface area contributed by atoms with Crippen molar-refractivity contribution in [3.63, 3.8) is 0 Å². The highest BCUT2D eigenvalue weighted by atomic mass is 35.5. The number of hydrogen-bond donors (Lipinski definition) is 1. The van der Waals surface area contributed by atoms with Gasteiger partial charge in [0.05, 0.1) is 12.7 Å². The first kappa shape index (κ1) is 10.9. The molecule has 4 heteroatoms. The molecule has 2 rings (SSSR count). The molecular weight excluding hydrogens is 217 g/mol. The number of benzene rings is 1. The molecular formula is C11H13ClFNO. The molecule has 0 amide bonds. The molecule has 1 N–H and O–H groups in total. The van der Waals surface area contributed by atoms with Crippen LogP contribution in [0, 0.1) is 5.82 Å². The highest BCUT2D eigenvalue weighted by Crippen LogP contribution is 2.20. The molecule has 1 aromatic carbocycles. The van der Waals surface area contributed by atoms with E-state index in [0.717, 1.165) is 19.5 Å². The molecule has 0 aromatic heterocycles. The van der Waals surface area contributed by atoms with Gasteiger partial charge in [-0.1, -0.05) is 17.7 Å². The van der Waals surface area contributed by atoms with Gasteiger partial charge in [0, 0.05) is 17.1 Å². The molecule has 2 nitrogen and oxygen atoms in total. The third kappa shape index (κ3) is 2.68. The second kappa shape index (κ2) is 4.92. The summed E-state index contributed by atoms with van der Waals surface area (Å²) in [5, 5.41) is 3.62. The molecule has 1 saturated heterocycles. The Morgan fingerprint density at radius 2 is 2.40 bits per heavy atom. The number of nitrogens with one attached hydrogen (secondary N) is 1. The summed E-state index contributed by atoms with van der Waals surface area (Å²) in [6.07, 6.45) is 1.16. The van der Waals surface area contributed by atoms with E-state index in [4.69, 9.17) is 16.3 Å². The standard InChI is InChI=1S/C11H13ClFNO/c12-10-2-1-3-11(13)9(10)7-15-8-4-5-14-6-8/h1-3,8,14H,4-7H2/t8-/m1/s1. The summed E-state index contributed by atoms with van der Waals surface area (Å²) in [6, 6.07) is 4.67. The lowest BCUT2D eigenvalue weighted by Gasteiger charge is -2.11. The molecule has 0 spiro atoms. The lowest BCUT2D eigenvalue weighted by atomic mass is 10.2. The minimum absolute atomic E-state index is 0.181.